The second kappa shape index (κ2) is 10.7. The van der Waals surface area contributed by atoms with Crippen molar-refractivity contribution in [3.63, 3.8) is 0 Å². The lowest BCUT2D eigenvalue weighted by Crippen LogP contribution is -2.25. The molecule has 0 aliphatic rings. The van der Waals surface area contributed by atoms with Crippen molar-refractivity contribution in [3.8, 4) is 22.6 Å². The Bertz CT molecular complexity index is 1530. The van der Waals surface area contributed by atoms with Crippen LogP contribution >= 0.6 is 0 Å². The molecule has 0 aliphatic heterocycles. The molecule has 0 spiro atoms. The van der Waals surface area contributed by atoms with Crippen molar-refractivity contribution in [2.45, 2.75) is 52.5 Å². The van der Waals surface area contributed by atoms with E-state index in [1.165, 1.54) is 0 Å². The lowest BCUT2D eigenvalue weighted by atomic mass is 10.0. The maximum atomic E-state index is 13.7. The summed E-state index contributed by atoms with van der Waals surface area (Å²) in [7, 11) is 0. The molecule has 37 heavy (non-hydrogen) atoms. The number of aromatic nitrogens is 7. The van der Waals surface area contributed by atoms with Crippen LogP contribution in [-0.4, -0.2) is 34.3 Å². The molecular formula is C29H31N7O. The molecule has 0 atom stereocenters. The highest BCUT2D eigenvalue weighted by molar-refractivity contribution is 5.69. The van der Waals surface area contributed by atoms with Crippen molar-refractivity contribution >= 4 is 0 Å². The summed E-state index contributed by atoms with van der Waals surface area (Å²) in [6.45, 7) is 6.95. The van der Waals surface area contributed by atoms with Crippen molar-refractivity contribution in [2.75, 3.05) is 0 Å². The fraction of sp³-hybridized carbons (Fsp3) is 0.276. The molecule has 0 fully saturated rings. The summed E-state index contributed by atoms with van der Waals surface area (Å²) < 4.78 is 5.32. The first-order valence-electron chi connectivity index (χ1n) is 12.7. The number of nitrogens with zero attached hydrogens (tertiary/aromatic N) is 7. The van der Waals surface area contributed by atoms with Gasteiger partial charge in [0.25, 0.3) is 0 Å². The Hall–Kier alpha value is -4.33. The first-order valence-corrected chi connectivity index (χ1v) is 12.7. The second-order valence-electron chi connectivity index (χ2n) is 9.50. The van der Waals surface area contributed by atoms with Gasteiger partial charge in [-0.05, 0) is 58.5 Å². The van der Waals surface area contributed by atoms with Crippen LogP contribution in [0.2, 0.25) is 0 Å². The quantitative estimate of drug-likeness (QED) is 0.282. The van der Waals surface area contributed by atoms with Crippen LogP contribution in [0, 0.1) is 0 Å². The van der Waals surface area contributed by atoms with E-state index in [1.54, 1.807) is 11.0 Å². The predicted molar refractivity (Wildman–Crippen MR) is 144 cm³/mol. The monoisotopic (exact) mass is 493 g/mol. The third-order valence-corrected chi connectivity index (χ3v) is 6.61. The lowest BCUT2D eigenvalue weighted by Gasteiger charge is -2.12. The summed E-state index contributed by atoms with van der Waals surface area (Å²) >= 11 is 0. The summed E-state index contributed by atoms with van der Waals surface area (Å²) in [6.07, 6.45) is 8.39. The van der Waals surface area contributed by atoms with Gasteiger partial charge >= 0.3 is 5.69 Å². The number of unbranched alkanes of at least 4 members (excludes halogenated alkanes) is 1. The fourth-order valence-electron chi connectivity index (χ4n) is 4.64. The minimum absolute atomic E-state index is 0.0210. The van der Waals surface area contributed by atoms with E-state index in [9.17, 15) is 4.79 Å². The average molecular weight is 494 g/mol. The number of hydrogen-bond acceptors (Lipinski definition) is 5. The zero-order valence-corrected chi connectivity index (χ0v) is 21.5. The maximum Gasteiger partial charge on any atom is 0.333 e. The standard InChI is InChI=1S/C29H31N7O/c1-4-5-10-23-19-35(27-13-8-6-11-24(27)21(2)3)29(37)34(23)18-22-15-16-26(30-17-22)25-12-7-9-14-28(25)36-20-31-32-33-36/h6-9,11-17,19-21H,4-5,10,18H2,1-3H3. The molecule has 0 unspecified atom stereocenters. The molecule has 0 saturated carbocycles. The van der Waals surface area contributed by atoms with Gasteiger partial charge in [-0.1, -0.05) is 69.7 Å². The van der Waals surface area contributed by atoms with Gasteiger partial charge < -0.3 is 0 Å². The van der Waals surface area contributed by atoms with E-state index >= 15 is 0 Å². The van der Waals surface area contributed by atoms with Gasteiger partial charge in [-0.3, -0.25) is 14.1 Å². The summed E-state index contributed by atoms with van der Waals surface area (Å²) in [5.74, 6) is 0.318. The Morgan fingerprint density at radius 1 is 0.946 bits per heavy atom. The smallest absolute Gasteiger partial charge is 0.292 e. The van der Waals surface area contributed by atoms with Crippen LogP contribution in [-0.2, 0) is 13.0 Å². The van der Waals surface area contributed by atoms with Crippen molar-refractivity contribution in [1.82, 2.24) is 34.3 Å². The molecule has 3 aromatic heterocycles. The SMILES string of the molecule is CCCCc1cn(-c2ccccc2C(C)C)c(=O)n1Cc1ccc(-c2ccccc2-n2cnnn2)nc1. The van der Waals surface area contributed by atoms with E-state index in [0.29, 0.717) is 12.5 Å². The van der Waals surface area contributed by atoms with E-state index in [2.05, 4.69) is 42.4 Å². The molecule has 8 heteroatoms. The van der Waals surface area contributed by atoms with E-state index in [1.807, 2.05) is 76.1 Å². The van der Waals surface area contributed by atoms with Crippen LogP contribution in [0.25, 0.3) is 22.6 Å². The molecule has 0 bridgehead atoms. The Morgan fingerprint density at radius 3 is 2.43 bits per heavy atom. The van der Waals surface area contributed by atoms with Crippen molar-refractivity contribution in [1.29, 1.82) is 0 Å². The third kappa shape index (κ3) is 5.00. The van der Waals surface area contributed by atoms with Gasteiger partial charge in [0.2, 0.25) is 0 Å². The molecular weight excluding hydrogens is 462 g/mol. The molecule has 5 aromatic rings. The van der Waals surface area contributed by atoms with Gasteiger partial charge in [0.05, 0.1) is 23.6 Å². The average Bonchev–Trinajstić information content (AvgIpc) is 3.57. The van der Waals surface area contributed by atoms with Crippen molar-refractivity contribution in [3.05, 3.63) is 107 Å². The van der Waals surface area contributed by atoms with E-state index in [-0.39, 0.29) is 5.69 Å². The van der Waals surface area contributed by atoms with Crippen LogP contribution in [0.5, 0.6) is 0 Å². The number of aryl methyl sites for hydroxylation is 1. The molecule has 0 amide bonds. The number of para-hydroxylation sites is 2. The molecule has 0 aliphatic carbocycles. The number of tetrazole rings is 1. The summed E-state index contributed by atoms with van der Waals surface area (Å²) in [5, 5.41) is 11.5. The summed E-state index contributed by atoms with van der Waals surface area (Å²) in [5.41, 5.74) is 6.70. The van der Waals surface area contributed by atoms with Crippen LogP contribution in [0.3, 0.4) is 0 Å². The highest BCUT2D eigenvalue weighted by Gasteiger charge is 2.17. The zero-order chi connectivity index (χ0) is 25.8. The topological polar surface area (TPSA) is 83.4 Å². The molecule has 188 valence electrons. The maximum absolute atomic E-state index is 13.7. The number of imidazole rings is 1. The van der Waals surface area contributed by atoms with E-state index in [4.69, 9.17) is 4.98 Å². The Balaban J connectivity index is 1.49. The largest absolute Gasteiger partial charge is 0.333 e. The molecule has 8 nitrogen and oxygen atoms in total. The summed E-state index contributed by atoms with van der Waals surface area (Å²) in [4.78, 5) is 18.4. The number of benzene rings is 2. The van der Waals surface area contributed by atoms with Crippen LogP contribution < -0.4 is 5.69 Å². The molecule has 3 heterocycles. The Labute approximate surface area is 216 Å². The van der Waals surface area contributed by atoms with Gasteiger partial charge in [0.15, 0.2) is 0 Å². The van der Waals surface area contributed by atoms with Gasteiger partial charge in [-0.15, -0.1) is 5.10 Å². The minimum Gasteiger partial charge on any atom is -0.292 e. The minimum atomic E-state index is -0.0210. The number of hydrogen-bond donors (Lipinski definition) is 0. The lowest BCUT2D eigenvalue weighted by molar-refractivity contribution is 0.672. The van der Waals surface area contributed by atoms with Crippen molar-refractivity contribution in [2.24, 2.45) is 0 Å². The molecule has 0 saturated heterocycles. The zero-order valence-electron chi connectivity index (χ0n) is 21.5. The normalized spacial score (nSPS) is 11.4. The van der Waals surface area contributed by atoms with Gasteiger partial charge in [-0.2, -0.15) is 4.68 Å². The molecule has 0 radical (unpaired) electrons. The predicted octanol–water partition coefficient (Wildman–Crippen LogP) is 5.19. The summed E-state index contributed by atoms with van der Waals surface area (Å²) in [6, 6.07) is 20.0. The van der Waals surface area contributed by atoms with Crippen molar-refractivity contribution < 1.29 is 0 Å². The van der Waals surface area contributed by atoms with E-state index in [0.717, 1.165) is 58.7 Å². The number of pyridine rings is 1. The van der Waals surface area contributed by atoms with Gasteiger partial charge in [0, 0.05) is 23.7 Å². The fourth-order valence-corrected chi connectivity index (χ4v) is 4.64. The molecule has 2 aromatic carbocycles. The first-order chi connectivity index (χ1) is 18.1. The third-order valence-electron chi connectivity index (χ3n) is 6.61. The highest BCUT2D eigenvalue weighted by atomic mass is 16.1. The second-order valence-corrected chi connectivity index (χ2v) is 9.50. The molecule has 0 N–H and O–H groups in total. The van der Waals surface area contributed by atoms with E-state index < -0.39 is 0 Å². The molecule has 5 rings (SSSR count). The number of rotatable bonds is 9. The van der Waals surface area contributed by atoms with Crippen LogP contribution in [0.4, 0.5) is 0 Å². The van der Waals surface area contributed by atoms with Gasteiger partial charge in [0.1, 0.15) is 6.33 Å². The first kappa shape index (κ1) is 24.4. The van der Waals surface area contributed by atoms with Gasteiger partial charge in [-0.25, -0.2) is 4.79 Å². The van der Waals surface area contributed by atoms with Crippen LogP contribution in [0.15, 0.2) is 84.2 Å². The highest BCUT2D eigenvalue weighted by Crippen LogP contribution is 2.25. The Kier molecular flexibility index (Phi) is 7.07. The Morgan fingerprint density at radius 2 is 1.73 bits per heavy atom. The van der Waals surface area contributed by atoms with Crippen LogP contribution in [0.1, 0.15) is 56.4 Å².